The van der Waals surface area contributed by atoms with Gasteiger partial charge in [-0.2, -0.15) is 0 Å². The first-order valence-electron chi connectivity index (χ1n) is 12.4. The second-order valence-corrected chi connectivity index (χ2v) is 9.96. The van der Waals surface area contributed by atoms with Crippen molar-refractivity contribution < 1.29 is 23.4 Å². The van der Waals surface area contributed by atoms with Crippen molar-refractivity contribution in [1.82, 2.24) is 4.90 Å². The lowest BCUT2D eigenvalue weighted by Crippen LogP contribution is -2.35. The maximum absolute atomic E-state index is 14.2. The first-order chi connectivity index (χ1) is 17.3. The molecule has 4 nitrogen and oxygen atoms in total. The van der Waals surface area contributed by atoms with E-state index in [1.165, 1.54) is 12.5 Å². The van der Waals surface area contributed by atoms with Crippen molar-refractivity contribution in [3.8, 4) is 17.2 Å². The fourth-order valence-electron chi connectivity index (χ4n) is 5.14. The van der Waals surface area contributed by atoms with Crippen LogP contribution in [-0.4, -0.2) is 35.7 Å². The Balaban J connectivity index is 1.42. The van der Waals surface area contributed by atoms with Gasteiger partial charge in [-0.3, -0.25) is 4.90 Å². The van der Waals surface area contributed by atoms with E-state index < -0.39 is 17.7 Å². The number of allylic oxidation sites excluding steroid dienone is 1. The van der Waals surface area contributed by atoms with E-state index in [1.54, 1.807) is 24.3 Å². The molecule has 5 rings (SSSR count). The molecule has 2 aliphatic heterocycles. The summed E-state index contributed by atoms with van der Waals surface area (Å²) in [5.41, 5.74) is 3.66. The Morgan fingerprint density at radius 1 is 1.06 bits per heavy atom. The molecule has 0 saturated carbocycles. The summed E-state index contributed by atoms with van der Waals surface area (Å²) < 4.78 is 40.3. The number of likely N-dealkylation sites (tertiary alicyclic amines) is 1. The third-order valence-electron chi connectivity index (χ3n) is 7.26. The predicted octanol–water partition coefficient (Wildman–Crippen LogP) is 6.84. The molecule has 3 aromatic carbocycles. The highest BCUT2D eigenvalue weighted by Crippen LogP contribution is 2.47. The molecule has 2 aliphatic rings. The van der Waals surface area contributed by atoms with Crippen LogP contribution in [0.15, 0.2) is 60.7 Å². The number of halogens is 2. The summed E-state index contributed by atoms with van der Waals surface area (Å²) in [5, 5.41) is 10.0. The molecular formula is C30H31F2NO3. The molecule has 0 spiro atoms. The van der Waals surface area contributed by atoms with Gasteiger partial charge in [0.15, 0.2) is 11.6 Å². The summed E-state index contributed by atoms with van der Waals surface area (Å²) in [7, 11) is 0. The van der Waals surface area contributed by atoms with Crippen molar-refractivity contribution in [3.05, 3.63) is 89.0 Å². The number of phenols is 1. The van der Waals surface area contributed by atoms with E-state index in [-0.39, 0.29) is 5.75 Å². The van der Waals surface area contributed by atoms with Crippen molar-refractivity contribution in [1.29, 1.82) is 0 Å². The number of ether oxygens (including phenoxy) is 2. The molecule has 0 aromatic heterocycles. The molecule has 6 heteroatoms. The predicted molar refractivity (Wildman–Crippen MR) is 137 cm³/mol. The van der Waals surface area contributed by atoms with E-state index in [2.05, 4.69) is 18.7 Å². The number of benzene rings is 3. The van der Waals surface area contributed by atoms with Crippen LogP contribution in [0.3, 0.4) is 0 Å². The summed E-state index contributed by atoms with van der Waals surface area (Å²) in [6.07, 6.45) is 0.696. The largest absolute Gasteiger partial charge is 0.508 e. The van der Waals surface area contributed by atoms with Gasteiger partial charge in [0.2, 0.25) is 0 Å². The lowest BCUT2D eigenvalue weighted by atomic mass is 9.86. The van der Waals surface area contributed by atoms with E-state index >= 15 is 0 Å². The zero-order valence-electron chi connectivity index (χ0n) is 20.8. The highest BCUT2D eigenvalue weighted by atomic mass is 19.2. The highest BCUT2D eigenvalue weighted by Gasteiger charge is 2.30. The first kappa shape index (κ1) is 24.3. The number of fused-ring (bicyclic) bond motifs is 1. The average molecular weight is 492 g/mol. The van der Waals surface area contributed by atoms with Crippen LogP contribution in [0, 0.1) is 17.6 Å². The van der Waals surface area contributed by atoms with E-state index in [0.717, 1.165) is 53.1 Å². The minimum Gasteiger partial charge on any atom is -0.508 e. The molecular weight excluding hydrogens is 460 g/mol. The smallest absolute Gasteiger partial charge is 0.159 e. The van der Waals surface area contributed by atoms with Crippen LogP contribution < -0.4 is 9.47 Å². The number of rotatable bonds is 6. The maximum Gasteiger partial charge on any atom is 0.159 e. The number of hydrogen-bond donors (Lipinski definition) is 1. The molecule has 1 N–H and O–H groups in total. The molecule has 1 fully saturated rings. The van der Waals surface area contributed by atoms with E-state index in [9.17, 15) is 13.9 Å². The minimum absolute atomic E-state index is 0.110. The van der Waals surface area contributed by atoms with Crippen LogP contribution in [-0.2, 0) is 0 Å². The van der Waals surface area contributed by atoms with Crippen molar-refractivity contribution in [2.24, 2.45) is 5.92 Å². The number of aromatic hydroxyl groups is 1. The fourth-order valence-corrected chi connectivity index (χ4v) is 5.14. The van der Waals surface area contributed by atoms with Crippen molar-refractivity contribution >= 4 is 11.1 Å². The van der Waals surface area contributed by atoms with Crippen LogP contribution in [0.4, 0.5) is 8.78 Å². The van der Waals surface area contributed by atoms with Gasteiger partial charge in [0.25, 0.3) is 0 Å². The highest BCUT2D eigenvalue weighted by molar-refractivity contribution is 5.95. The maximum atomic E-state index is 14.2. The van der Waals surface area contributed by atoms with Gasteiger partial charge in [-0.05, 0) is 91.9 Å². The minimum atomic E-state index is -0.918. The van der Waals surface area contributed by atoms with Crippen LogP contribution in [0.25, 0.3) is 11.1 Å². The topological polar surface area (TPSA) is 41.9 Å². The fraction of sp³-hybridized carbons (Fsp3) is 0.333. The second-order valence-electron chi connectivity index (χ2n) is 9.96. The Bertz CT molecular complexity index is 1290. The van der Waals surface area contributed by atoms with E-state index in [1.807, 2.05) is 31.2 Å². The SMILES string of the molecule is CC1=C(c2ccc(F)c(F)c2)C(c2ccc(OCC(C)N3CC[C@@H](C)C3)cc2)Oc2ccc(O)cc21. The van der Waals surface area contributed by atoms with Crippen molar-refractivity contribution in [2.45, 2.75) is 39.3 Å². The molecule has 2 unspecified atom stereocenters. The summed E-state index contributed by atoms with van der Waals surface area (Å²) in [6, 6.07) is 16.9. The number of hydrogen-bond acceptors (Lipinski definition) is 4. The van der Waals surface area contributed by atoms with Gasteiger partial charge in [-0.15, -0.1) is 0 Å². The molecule has 0 aliphatic carbocycles. The first-order valence-corrected chi connectivity index (χ1v) is 12.4. The van der Waals surface area contributed by atoms with E-state index in [4.69, 9.17) is 9.47 Å². The van der Waals surface area contributed by atoms with Crippen LogP contribution in [0.2, 0.25) is 0 Å². The zero-order chi connectivity index (χ0) is 25.4. The molecule has 0 bridgehead atoms. The average Bonchev–Trinajstić information content (AvgIpc) is 3.31. The molecule has 1 saturated heterocycles. The third kappa shape index (κ3) is 4.82. The van der Waals surface area contributed by atoms with Gasteiger partial charge in [-0.25, -0.2) is 8.78 Å². The van der Waals surface area contributed by atoms with E-state index in [0.29, 0.717) is 24.0 Å². The quantitative estimate of drug-likeness (QED) is 0.410. The Morgan fingerprint density at radius 2 is 1.83 bits per heavy atom. The van der Waals surface area contributed by atoms with Gasteiger partial charge in [0.05, 0.1) is 0 Å². The molecule has 0 amide bonds. The number of nitrogens with zero attached hydrogens (tertiary/aromatic N) is 1. The standard InChI is InChI=1S/C30H31F2NO3/c1-18-12-13-33(16-18)19(2)17-35-24-8-4-21(5-9-24)30-29(22-6-10-26(31)27(32)14-22)20(3)25-15-23(34)7-11-28(25)36-30/h4-11,14-15,18-19,30,34H,12-13,16-17H2,1-3H3/t18-,19?,30?/m1/s1. The third-order valence-corrected chi connectivity index (χ3v) is 7.26. The summed E-state index contributed by atoms with van der Waals surface area (Å²) in [6.45, 7) is 9.22. The van der Waals surface area contributed by atoms with Gasteiger partial charge < -0.3 is 14.6 Å². The summed E-state index contributed by atoms with van der Waals surface area (Å²) >= 11 is 0. The number of phenolic OH excluding ortho intramolecular Hbond substituents is 1. The molecule has 188 valence electrons. The lowest BCUT2D eigenvalue weighted by Gasteiger charge is -2.31. The normalized spacial score (nSPS) is 20.7. The Labute approximate surface area is 210 Å². The Hall–Kier alpha value is -3.38. The van der Waals surface area contributed by atoms with Gasteiger partial charge in [-0.1, -0.05) is 25.1 Å². The van der Waals surface area contributed by atoms with Crippen LogP contribution in [0.1, 0.15) is 50.0 Å². The monoisotopic (exact) mass is 491 g/mol. The van der Waals surface area contributed by atoms with Crippen LogP contribution >= 0.6 is 0 Å². The second kappa shape index (κ2) is 9.94. The zero-order valence-corrected chi connectivity index (χ0v) is 20.8. The van der Waals surface area contributed by atoms with Crippen molar-refractivity contribution in [3.63, 3.8) is 0 Å². The molecule has 36 heavy (non-hydrogen) atoms. The van der Waals surface area contributed by atoms with Gasteiger partial charge in [0.1, 0.15) is 30.0 Å². The van der Waals surface area contributed by atoms with Crippen LogP contribution in [0.5, 0.6) is 17.2 Å². The lowest BCUT2D eigenvalue weighted by molar-refractivity contribution is 0.169. The Morgan fingerprint density at radius 3 is 2.53 bits per heavy atom. The van der Waals surface area contributed by atoms with Gasteiger partial charge >= 0.3 is 0 Å². The van der Waals surface area contributed by atoms with Crippen molar-refractivity contribution in [2.75, 3.05) is 19.7 Å². The summed E-state index contributed by atoms with van der Waals surface area (Å²) in [4.78, 5) is 2.46. The molecule has 3 aromatic rings. The molecule has 0 radical (unpaired) electrons. The van der Waals surface area contributed by atoms with Gasteiger partial charge in [0, 0.05) is 23.7 Å². The Kier molecular flexibility index (Phi) is 6.71. The molecule has 3 atom stereocenters. The molecule has 2 heterocycles. The summed E-state index contributed by atoms with van der Waals surface area (Å²) in [5.74, 6) is 0.418.